The van der Waals surface area contributed by atoms with Crippen LogP contribution >= 0.6 is 0 Å². The average molecular weight is 319 g/mol. The molecule has 2 atom stereocenters. The van der Waals surface area contributed by atoms with Gasteiger partial charge in [-0.25, -0.2) is 13.2 Å². The Labute approximate surface area is 122 Å². The normalized spacial score (nSPS) is 28.2. The Morgan fingerprint density at radius 1 is 1.24 bits per heavy atom. The highest BCUT2D eigenvalue weighted by atomic mass is 32.2. The van der Waals surface area contributed by atoms with Crippen molar-refractivity contribution >= 4 is 27.8 Å². The first-order valence-corrected chi connectivity index (χ1v) is 8.40. The van der Waals surface area contributed by atoms with Crippen molar-refractivity contribution < 1.29 is 32.4 Å². The number of imide groups is 1. The van der Waals surface area contributed by atoms with E-state index in [1.165, 1.54) is 0 Å². The minimum absolute atomic E-state index is 0.0153. The third-order valence-corrected chi connectivity index (χ3v) is 6.03. The predicted octanol–water partition coefficient (Wildman–Crippen LogP) is 0.415. The maximum absolute atomic E-state index is 11.9. The van der Waals surface area contributed by atoms with Gasteiger partial charge in [-0.3, -0.25) is 14.4 Å². The number of nitrogens with zero attached hydrogens (tertiary/aromatic N) is 1. The Balaban J connectivity index is 2.00. The molecule has 2 rings (SSSR count). The summed E-state index contributed by atoms with van der Waals surface area (Å²) in [5.74, 6) is -1.51. The molecule has 0 spiro atoms. The van der Waals surface area contributed by atoms with Crippen molar-refractivity contribution in [3.63, 3.8) is 0 Å². The summed E-state index contributed by atoms with van der Waals surface area (Å²) in [6.45, 7) is 3.45. The second kappa shape index (κ2) is 5.63. The SMILES string of the molecule is CC(C)[C@H]1[C@@H](OC(=O)ON2C(=O)CCC2=O)CCS1(=O)=O. The van der Waals surface area contributed by atoms with E-state index in [0.717, 1.165) is 0 Å². The van der Waals surface area contributed by atoms with Crippen LogP contribution in [0.3, 0.4) is 0 Å². The first-order chi connectivity index (χ1) is 9.72. The number of hydrogen-bond acceptors (Lipinski definition) is 7. The molecule has 0 radical (unpaired) electrons. The summed E-state index contributed by atoms with van der Waals surface area (Å²) in [5, 5.41) is -0.425. The van der Waals surface area contributed by atoms with Gasteiger partial charge in [0.1, 0.15) is 11.4 Å². The lowest BCUT2D eigenvalue weighted by Gasteiger charge is -2.22. The van der Waals surface area contributed by atoms with Gasteiger partial charge in [-0.05, 0) is 12.3 Å². The molecular formula is C12H17NO7S. The van der Waals surface area contributed by atoms with Crippen LogP contribution in [0.1, 0.15) is 33.1 Å². The van der Waals surface area contributed by atoms with Crippen molar-refractivity contribution in [2.24, 2.45) is 5.92 Å². The van der Waals surface area contributed by atoms with Gasteiger partial charge in [-0.2, -0.15) is 0 Å². The van der Waals surface area contributed by atoms with Gasteiger partial charge in [0, 0.05) is 12.8 Å². The van der Waals surface area contributed by atoms with Gasteiger partial charge in [0.2, 0.25) is 0 Å². The molecule has 2 fully saturated rings. The van der Waals surface area contributed by atoms with Crippen molar-refractivity contribution in [2.75, 3.05) is 5.75 Å². The highest BCUT2D eigenvalue weighted by molar-refractivity contribution is 7.92. The van der Waals surface area contributed by atoms with Crippen molar-refractivity contribution in [1.29, 1.82) is 0 Å². The number of hydroxylamine groups is 2. The van der Waals surface area contributed by atoms with E-state index in [0.29, 0.717) is 5.06 Å². The second-order valence-corrected chi connectivity index (χ2v) is 7.72. The Bertz CT molecular complexity index is 552. The molecule has 2 saturated heterocycles. The zero-order chi connectivity index (χ0) is 15.8. The van der Waals surface area contributed by atoms with Gasteiger partial charge < -0.3 is 4.74 Å². The Morgan fingerprint density at radius 2 is 1.81 bits per heavy atom. The third-order valence-electron chi connectivity index (χ3n) is 3.54. The molecule has 2 amide bonds. The number of carbonyl (C=O) groups is 3. The highest BCUT2D eigenvalue weighted by Gasteiger charge is 2.45. The summed E-state index contributed by atoms with van der Waals surface area (Å²) in [6.07, 6.45) is -1.90. The lowest BCUT2D eigenvalue weighted by Crippen LogP contribution is -2.38. The molecule has 0 aromatic rings. The van der Waals surface area contributed by atoms with Gasteiger partial charge in [0.25, 0.3) is 11.8 Å². The predicted molar refractivity (Wildman–Crippen MR) is 69.5 cm³/mol. The summed E-state index contributed by atoms with van der Waals surface area (Å²) in [5.41, 5.74) is 0. The maximum atomic E-state index is 11.9. The molecule has 2 aliphatic rings. The maximum Gasteiger partial charge on any atom is 0.534 e. The molecule has 21 heavy (non-hydrogen) atoms. The standard InChI is InChI=1S/C12H17NO7S/c1-7(2)11-8(5-6-21(11,17)18)19-12(16)20-13-9(14)3-4-10(13)15/h7-8,11H,3-6H2,1-2H3/t8-,11-/m0/s1. The molecule has 9 heteroatoms. The first-order valence-electron chi connectivity index (χ1n) is 6.68. The molecule has 2 heterocycles. The number of hydrogen-bond donors (Lipinski definition) is 0. The van der Waals surface area contributed by atoms with Crippen LogP contribution in [0.4, 0.5) is 4.79 Å². The fourth-order valence-corrected chi connectivity index (χ4v) is 4.98. The van der Waals surface area contributed by atoms with E-state index in [9.17, 15) is 22.8 Å². The fourth-order valence-electron chi connectivity index (χ4n) is 2.66. The molecule has 0 bridgehead atoms. The number of rotatable bonds is 3. The van der Waals surface area contributed by atoms with Gasteiger partial charge in [-0.15, -0.1) is 0 Å². The first kappa shape index (κ1) is 15.7. The quantitative estimate of drug-likeness (QED) is 0.548. The number of amides is 2. The molecule has 0 aliphatic carbocycles. The fraction of sp³-hybridized carbons (Fsp3) is 0.750. The second-order valence-electron chi connectivity index (χ2n) is 5.44. The van der Waals surface area contributed by atoms with E-state index in [1.807, 2.05) is 0 Å². The van der Waals surface area contributed by atoms with Crippen LogP contribution in [0, 0.1) is 5.92 Å². The summed E-state index contributed by atoms with van der Waals surface area (Å²) < 4.78 is 28.8. The lowest BCUT2D eigenvalue weighted by molar-refractivity contribution is -0.178. The minimum Gasteiger partial charge on any atom is -0.428 e. The van der Waals surface area contributed by atoms with Gasteiger partial charge in [0.05, 0.1) is 5.75 Å². The van der Waals surface area contributed by atoms with Crippen molar-refractivity contribution in [3.8, 4) is 0 Å². The molecular weight excluding hydrogens is 302 g/mol. The number of ether oxygens (including phenoxy) is 1. The third kappa shape index (κ3) is 3.17. The molecule has 8 nitrogen and oxygen atoms in total. The molecule has 0 unspecified atom stereocenters. The van der Waals surface area contributed by atoms with Crippen LogP contribution in [-0.2, 0) is 29.0 Å². The summed E-state index contributed by atoms with van der Waals surface area (Å²) >= 11 is 0. The van der Waals surface area contributed by atoms with Crippen molar-refractivity contribution in [3.05, 3.63) is 0 Å². The molecule has 0 N–H and O–H groups in total. The topological polar surface area (TPSA) is 107 Å². The number of carbonyl (C=O) groups excluding carboxylic acids is 3. The van der Waals surface area contributed by atoms with Gasteiger partial charge in [-0.1, -0.05) is 18.9 Å². The molecule has 0 aromatic carbocycles. The van der Waals surface area contributed by atoms with Crippen molar-refractivity contribution in [2.45, 2.75) is 44.5 Å². The smallest absolute Gasteiger partial charge is 0.428 e. The zero-order valence-corrected chi connectivity index (χ0v) is 12.6. The van der Waals surface area contributed by atoms with E-state index in [2.05, 4.69) is 4.84 Å². The summed E-state index contributed by atoms with van der Waals surface area (Å²) in [4.78, 5) is 38.8. The lowest BCUT2D eigenvalue weighted by atomic mass is 10.0. The van der Waals surface area contributed by atoms with Crippen LogP contribution < -0.4 is 0 Å². The van der Waals surface area contributed by atoms with Crippen LogP contribution in [0.2, 0.25) is 0 Å². The average Bonchev–Trinajstić information content (AvgIpc) is 2.82. The van der Waals surface area contributed by atoms with E-state index in [4.69, 9.17) is 4.74 Å². The minimum atomic E-state index is -3.31. The van der Waals surface area contributed by atoms with E-state index < -0.39 is 39.2 Å². The van der Waals surface area contributed by atoms with Crippen LogP contribution in [0.5, 0.6) is 0 Å². The monoisotopic (exact) mass is 319 g/mol. The van der Waals surface area contributed by atoms with Gasteiger partial charge in [0.15, 0.2) is 9.84 Å². The van der Waals surface area contributed by atoms with Crippen LogP contribution in [0.15, 0.2) is 0 Å². The zero-order valence-electron chi connectivity index (χ0n) is 11.8. The Kier molecular flexibility index (Phi) is 4.22. The molecule has 0 aromatic heterocycles. The number of sulfone groups is 1. The highest BCUT2D eigenvalue weighted by Crippen LogP contribution is 2.29. The molecule has 118 valence electrons. The van der Waals surface area contributed by atoms with E-state index in [-0.39, 0.29) is 30.9 Å². The Morgan fingerprint density at radius 3 is 2.33 bits per heavy atom. The van der Waals surface area contributed by atoms with Crippen LogP contribution in [-0.4, -0.2) is 48.6 Å². The van der Waals surface area contributed by atoms with E-state index in [1.54, 1.807) is 13.8 Å². The van der Waals surface area contributed by atoms with Crippen molar-refractivity contribution in [1.82, 2.24) is 5.06 Å². The molecule has 0 saturated carbocycles. The molecule has 2 aliphatic heterocycles. The summed E-state index contributed by atoms with van der Waals surface area (Å²) in [7, 11) is -3.31. The van der Waals surface area contributed by atoms with Gasteiger partial charge >= 0.3 is 6.16 Å². The largest absolute Gasteiger partial charge is 0.534 e. The summed E-state index contributed by atoms with van der Waals surface area (Å²) in [6, 6.07) is 0. The van der Waals surface area contributed by atoms with E-state index >= 15 is 0 Å². The van der Waals surface area contributed by atoms with Crippen LogP contribution in [0.25, 0.3) is 0 Å². The Hall–Kier alpha value is -1.64.